The zero-order valence-corrected chi connectivity index (χ0v) is 17.6. The molecule has 0 rings (SSSR count). The fourth-order valence-corrected chi connectivity index (χ4v) is 2.04. The summed E-state index contributed by atoms with van der Waals surface area (Å²) in [5.41, 5.74) is 0. The Bertz CT molecular complexity index is 525. The maximum absolute atomic E-state index is 13.5. The van der Waals surface area contributed by atoms with Gasteiger partial charge in [-0.05, 0) is 6.92 Å². The lowest BCUT2D eigenvalue weighted by molar-refractivity contribution is -0.432. The fourth-order valence-electron chi connectivity index (χ4n) is 2.04. The summed E-state index contributed by atoms with van der Waals surface area (Å²) < 4.78 is 128. The summed E-state index contributed by atoms with van der Waals surface area (Å²) in [7, 11) is 0. The molecule has 0 bridgehead atoms. The summed E-state index contributed by atoms with van der Waals surface area (Å²) in [5.74, 6) is 0. The van der Waals surface area contributed by atoms with E-state index >= 15 is 0 Å². The van der Waals surface area contributed by atoms with Gasteiger partial charge in [0.1, 0.15) is 12.5 Å². The molecule has 0 spiro atoms. The molecular formula is C17H28F8O8. The van der Waals surface area contributed by atoms with Gasteiger partial charge in [-0.3, -0.25) is 9.47 Å². The summed E-state index contributed by atoms with van der Waals surface area (Å²) in [6.07, 6.45) is -28.1. The second kappa shape index (κ2) is 14.5. The first-order valence-corrected chi connectivity index (χ1v) is 9.61. The number of rotatable bonds is 20. The fraction of sp³-hybridized carbons (Fsp3) is 1.00. The smallest absolute Gasteiger partial charge is 0.368 e. The van der Waals surface area contributed by atoms with E-state index in [-0.39, 0.29) is 19.8 Å². The SMILES string of the molecule is CC(O)COCCC(F)(F)OC(F)(F)CC(F)(F)OC(F)(F)CCOCC(O)COCCO. The molecule has 16 heteroatoms. The molecule has 0 radical (unpaired) electrons. The lowest BCUT2D eigenvalue weighted by Crippen LogP contribution is -2.42. The average molecular weight is 512 g/mol. The predicted octanol–water partition coefficient (Wildman–Crippen LogP) is 2.34. The summed E-state index contributed by atoms with van der Waals surface area (Å²) >= 11 is 0. The van der Waals surface area contributed by atoms with Gasteiger partial charge in [-0.15, -0.1) is 0 Å². The van der Waals surface area contributed by atoms with Gasteiger partial charge in [-0.1, -0.05) is 0 Å². The first-order chi connectivity index (χ1) is 15.0. The Labute approximate surface area is 184 Å². The van der Waals surface area contributed by atoms with E-state index in [4.69, 9.17) is 14.9 Å². The average Bonchev–Trinajstić information content (AvgIpc) is 2.59. The van der Waals surface area contributed by atoms with Crippen molar-refractivity contribution < 1.29 is 74.1 Å². The Kier molecular flexibility index (Phi) is 14.1. The Morgan fingerprint density at radius 3 is 1.42 bits per heavy atom. The van der Waals surface area contributed by atoms with Gasteiger partial charge < -0.3 is 29.5 Å². The van der Waals surface area contributed by atoms with Crippen molar-refractivity contribution in [3.8, 4) is 0 Å². The first kappa shape index (κ1) is 32.1. The largest absolute Gasteiger partial charge is 0.394 e. The molecule has 0 saturated heterocycles. The lowest BCUT2D eigenvalue weighted by Gasteiger charge is -2.28. The molecule has 0 fully saturated rings. The molecular weight excluding hydrogens is 484 g/mol. The molecule has 3 N–H and O–H groups in total. The van der Waals surface area contributed by atoms with E-state index in [1.165, 1.54) is 6.92 Å². The van der Waals surface area contributed by atoms with E-state index < -0.39 is 82.3 Å². The first-order valence-electron chi connectivity index (χ1n) is 9.61. The van der Waals surface area contributed by atoms with Crippen LogP contribution < -0.4 is 0 Å². The summed E-state index contributed by atoms with van der Waals surface area (Å²) in [5, 5.41) is 26.7. The summed E-state index contributed by atoms with van der Waals surface area (Å²) in [4.78, 5) is 0. The summed E-state index contributed by atoms with van der Waals surface area (Å²) in [6, 6.07) is 0. The Morgan fingerprint density at radius 1 is 0.636 bits per heavy atom. The molecule has 0 aromatic carbocycles. The number of ether oxygens (including phenoxy) is 5. The molecule has 0 aliphatic heterocycles. The van der Waals surface area contributed by atoms with Gasteiger partial charge in [0.15, 0.2) is 0 Å². The molecule has 0 aromatic rings. The number of aliphatic hydroxyl groups excluding tert-OH is 3. The quantitative estimate of drug-likeness (QED) is 0.169. The number of hydrogen-bond donors (Lipinski definition) is 3. The molecule has 2 unspecified atom stereocenters. The minimum atomic E-state index is -5.26. The number of halogens is 8. The highest BCUT2D eigenvalue weighted by atomic mass is 19.3. The molecule has 0 aliphatic rings. The van der Waals surface area contributed by atoms with Gasteiger partial charge in [0.25, 0.3) is 0 Å². The van der Waals surface area contributed by atoms with Crippen molar-refractivity contribution >= 4 is 0 Å². The summed E-state index contributed by atoms with van der Waals surface area (Å²) in [6.45, 7) is -2.21. The minimum Gasteiger partial charge on any atom is -0.394 e. The number of hydrogen-bond acceptors (Lipinski definition) is 8. The number of alkyl halides is 8. The van der Waals surface area contributed by atoms with Crippen LogP contribution >= 0.6 is 0 Å². The van der Waals surface area contributed by atoms with Gasteiger partial charge in [0, 0.05) is 0 Å². The molecule has 8 nitrogen and oxygen atoms in total. The van der Waals surface area contributed by atoms with Crippen LogP contribution in [0.25, 0.3) is 0 Å². The van der Waals surface area contributed by atoms with E-state index in [0.29, 0.717) is 0 Å². The highest BCUT2D eigenvalue weighted by Gasteiger charge is 2.54. The molecule has 0 aromatic heterocycles. The van der Waals surface area contributed by atoms with Gasteiger partial charge >= 0.3 is 24.4 Å². The standard InChI is InChI=1S/C17H28F8O8/c1-12(27)8-29-5-2-14(18,19)32-16(22,23)11-17(24,25)33-15(20,21)3-6-30-9-13(28)10-31-7-4-26/h12-13,26-28H,2-11H2,1H3. The second-order valence-electron chi connectivity index (χ2n) is 6.88. The Hall–Kier alpha value is -0.880. The molecule has 0 aliphatic carbocycles. The Morgan fingerprint density at radius 2 is 1.03 bits per heavy atom. The van der Waals surface area contributed by atoms with Gasteiger partial charge in [0.2, 0.25) is 0 Å². The van der Waals surface area contributed by atoms with E-state index in [2.05, 4.69) is 18.9 Å². The van der Waals surface area contributed by atoms with Crippen LogP contribution in [0, 0.1) is 0 Å². The zero-order valence-electron chi connectivity index (χ0n) is 17.6. The van der Waals surface area contributed by atoms with Crippen molar-refractivity contribution in [2.75, 3.05) is 46.2 Å². The van der Waals surface area contributed by atoms with Crippen LogP contribution in [-0.2, 0) is 23.7 Å². The highest BCUT2D eigenvalue weighted by Crippen LogP contribution is 2.40. The predicted molar refractivity (Wildman–Crippen MR) is 93.0 cm³/mol. The van der Waals surface area contributed by atoms with Crippen molar-refractivity contribution in [1.29, 1.82) is 0 Å². The van der Waals surface area contributed by atoms with Crippen molar-refractivity contribution in [3.05, 3.63) is 0 Å². The van der Waals surface area contributed by atoms with E-state index in [1.807, 2.05) is 0 Å². The maximum Gasteiger partial charge on any atom is 0.368 e. The third kappa shape index (κ3) is 18.2. The van der Waals surface area contributed by atoms with Crippen molar-refractivity contribution in [1.82, 2.24) is 0 Å². The zero-order chi connectivity index (χ0) is 25.8. The highest BCUT2D eigenvalue weighted by molar-refractivity contribution is 4.68. The molecule has 2 atom stereocenters. The maximum atomic E-state index is 13.5. The van der Waals surface area contributed by atoms with Crippen molar-refractivity contribution in [3.63, 3.8) is 0 Å². The van der Waals surface area contributed by atoms with E-state index in [0.717, 1.165) is 0 Å². The van der Waals surface area contributed by atoms with Crippen LogP contribution in [-0.4, -0.2) is 98.2 Å². The lowest BCUT2D eigenvalue weighted by atomic mass is 10.3. The van der Waals surface area contributed by atoms with Gasteiger partial charge in [-0.2, -0.15) is 35.1 Å². The molecule has 200 valence electrons. The van der Waals surface area contributed by atoms with E-state index in [9.17, 15) is 40.2 Å². The van der Waals surface area contributed by atoms with Gasteiger partial charge in [0.05, 0.1) is 65.2 Å². The van der Waals surface area contributed by atoms with Crippen LogP contribution in [0.2, 0.25) is 0 Å². The van der Waals surface area contributed by atoms with E-state index in [1.54, 1.807) is 0 Å². The minimum absolute atomic E-state index is 0.102. The van der Waals surface area contributed by atoms with Crippen LogP contribution in [0.4, 0.5) is 35.1 Å². The molecule has 0 heterocycles. The molecule has 33 heavy (non-hydrogen) atoms. The third-order valence-electron chi connectivity index (χ3n) is 3.30. The van der Waals surface area contributed by atoms with Crippen LogP contribution in [0.3, 0.4) is 0 Å². The topological polar surface area (TPSA) is 107 Å². The third-order valence-corrected chi connectivity index (χ3v) is 3.30. The molecule has 0 saturated carbocycles. The normalized spacial score (nSPS) is 15.6. The monoisotopic (exact) mass is 512 g/mol. The molecule has 0 amide bonds. The van der Waals surface area contributed by atoms with Crippen LogP contribution in [0.5, 0.6) is 0 Å². The van der Waals surface area contributed by atoms with Crippen LogP contribution in [0.15, 0.2) is 0 Å². The van der Waals surface area contributed by atoms with Gasteiger partial charge in [-0.25, -0.2) is 0 Å². The number of aliphatic hydroxyl groups is 3. The van der Waals surface area contributed by atoms with Crippen LogP contribution in [0.1, 0.15) is 26.2 Å². The van der Waals surface area contributed by atoms with Crippen molar-refractivity contribution in [2.24, 2.45) is 0 Å². The second-order valence-corrected chi connectivity index (χ2v) is 6.88. The Balaban J connectivity index is 4.50. The van der Waals surface area contributed by atoms with Crippen molar-refractivity contribution in [2.45, 2.75) is 62.8 Å².